The average Bonchev–Trinajstić information content (AvgIpc) is 2.97. The molecule has 106 valence electrons. The van der Waals surface area contributed by atoms with E-state index in [4.69, 9.17) is 5.11 Å². The Morgan fingerprint density at radius 2 is 1.95 bits per heavy atom. The molecule has 6 heteroatoms. The van der Waals surface area contributed by atoms with E-state index in [0.29, 0.717) is 6.54 Å². The molecular formula is C14H18N4O2. The highest BCUT2D eigenvalue weighted by Gasteiger charge is 2.00. The zero-order chi connectivity index (χ0) is 14.2. The van der Waals surface area contributed by atoms with Gasteiger partial charge in [-0.1, -0.05) is 24.3 Å². The predicted molar refractivity (Wildman–Crippen MR) is 75.1 cm³/mol. The molecule has 20 heavy (non-hydrogen) atoms. The van der Waals surface area contributed by atoms with E-state index in [1.165, 1.54) is 5.56 Å². The summed E-state index contributed by atoms with van der Waals surface area (Å²) in [6, 6.07) is 7.75. The van der Waals surface area contributed by atoms with E-state index >= 15 is 0 Å². The molecule has 0 radical (unpaired) electrons. The number of nitrogens with one attached hydrogen (secondary N) is 2. The van der Waals surface area contributed by atoms with Crippen LogP contribution < -0.4 is 10.6 Å². The van der Waals surface area contributed by atoms with Gasteiger partial charge in [0.25, 0.3) is 0 Å². The lowest BCUT2D eigenvalue weighted by Gasteiger charge is -2.08. The lowest BCUT2D eigenvalue weighted by atomic mass is 10.1. The normalized spacial score (nSPS) is 10.2. The van der Waals surface area contributed by atoms with E-state index in [2.05, 4.69) is 15.6 Å². The molecule has 2 aromatic rings. The molecule has 1 heterocycles. The number of hydrogen-bond donors (Lipinski definition) is 3. The number of carbonyl (C=O) groups is 1. The SMILES string of the molecule is O=C(NCCO)NCc1ccc(Cn2ccnc2)cc1. The molecule has 0 aliphatic rings. The van der Waals surface area contributed by atoms with Crippen LogP contribution in [-0.4, -0.2) is 33.8 Å². The third-order valence-corrected chi connectivity index (χ3v) is 2.80. The Morgan fingerprint density at radius 1 is 1.20 bits per heavy atom. The monoisotopic (exact) mass is 274 g/mol. The van der Waals surface area contributed by atoms with Crippen LogP contribution in [0.2, 0.25) is 0 Å². The molecule has 1 aromatic heterocycles. The van der Waals surface area contributed by atoms with Crippen molar-refractivity contribution < 1.29 is 9.90 Å². The maximum atomic E-state index is 11.3. The largest absolute Gasteiger partial charge is 0.395 e. The first-order chi connectivity index (χ1) is 9.78. The fraction of sp³-hybridized carbons (Fsp3) is 0.286. The van der Waals surface area contributed by atoms with E-state index in [1.54, 1.807) is 12.5 Å². The van der Waals surface area contributed by atoms with Crippen LogP contribution in [0.5, 0.6) is 0 Å². The van der Waals surface area contributed by atoms with Gasteiger partial charge in [0.05, 0.1) is 12.9 Å². The van der Waals surface area contributed by atoms with Crippen molar-refractivity contribution in [2.45, 2.75) is 13.1 Å². The van der Waals surface area contributed by atoms with Crippen LogP contribution in [0, 0.1) is 0 Å². The molecule has 0 atom stereocenters. The van der Waals surface area contributed by atoms with E-state index in [0.717, 1.165) is 12.1 Å². The quantitative estimate of drug-likeness (QED) is 0.726. The minimum atomic E-state index is -0.276. The summed E-state index contributed by atoms with van der Waals surface area (Å²) >= 11 is 0. The number of amides is 2. The molecule has 0 bridgehead atoms. The molecule has 6 nitrogen and oxygen atoms in total. The highest BCUT2D eigenvalue weighted by molar-refractivity contribution is 5.73. The molecule has 2 amide bonds. The van der Waals surface area contributed by atoms with Gasteiger partial charge in [-0.25, -0.2) is 9.78 Å². The number of aliphatic hydroxyl groups excluding tert-OH is 1. The Hall–Kier alpha value is -2.34. The van der Waals surface area contributed by atoms with Crippen LogP contribution in [0.4, 0.5) is 4.79 Å². The summed E-state index contributed by atoms with van der Waals surface area (Å²) in [4.78, 5) is 15.3. The second kappa shape index (κ2) is 7.30. The summed E-state index contributed by atoms with van der Waals surface area (Å²) in [6.45, 7) is 1.44. The summed E-state index contributed by atoms with van der Waals surface area (Å²) in [5.41, 5.74) is 2.20. The molecule has 0 saturated carbocycles. The second-order valence-corrected chi connectivity index (χ2v) is 4.38. The van der Waals surface area contributed by atoms with Crippen molar-refractivity contribution in [1.82, 2.24) is 20.2 Å². The van der Waals surface area contributed by atoms with Gasteiger partial charge < -0.3 is 20.3 Å². The van der Waals surface area contributed by atoms with Crippen molar-refractivity contribution in [1.29, 1.82) is 0 Å². The molecule has 0 fully saturated rings. The third-order valence-electron chi connectivity index (χ3n) is 2.80. The van der Waals surface area contributed by atoms with Crippen molar-refractivity contribution in [3.05, 3.63) is 54.1 Å². The number of urea groups is 1. The molecule has 0 aliphatic heterocycles. The first kappa shape index (κ1) is 14.1. The number of aromatic nitrogens is 2. The second-order valence-electron chi connectivity index (χ2n) is 4.38. The number of aliphatic hydroxyl groups is 1. The van der Waals surface area contributed by atoms with Gasteiger partial charge in [-0.15, -0.1) is 0 Å². The Balaban J connectivity index is 1.81. The van der Waals surface area contributed by atoms with Gasteiger partial charge in [0.2, 0.25) is 0 Å². The smallest absolute Gasteiger partial charge is 0.315 e. The zero-order valence-electron chi connectivity index (χ0n) is 11.1. The third kappa shape index (κ3) is 4.40. The Kier molecular flexibility index (Phi) is 5.14. The first-order valence-electron chi connectivity index (χ1n) is 6.44. The topological polar surface area (TPSA) is 79.2 Å². The van der Waals surface area contributed by atoms with Crippen LogP contribution >= 0.6 is 0 Å². The van der Waals surface area contributed by atoms with Crippen molar-refractivity contribution in [2.75, 3.05) is 13.2 Å². The molecule has 0 saturated heterocycles. The minimum Gasteiger partial charge on any atom is -0.395 e. The number of imidazole rings is 1. The molecule has 0 aliphatic carbocycles. The molecule has 1 aromatic carbocycles. The number of rotatable bonds is 6. The highest BCUT2D eigenvalue weighted by Crippen LogP contribution is 2.06. The van der Waals surface area contributed by atoms with Crippen LogP contribution in [0.15, 0.2) is 43.0 Å². The highest BCUT2D eigenvalue weighted by atomic mass is 16.3. The Morgan fingerprint density at radius 3 is 2.60 bits per heavy atom. The zero-order valence-corrected chi connectivity index (χ0v) is 11.1. The number of hydrogen-bond acceptors (Lipinski definition) is 3. The van der Waals surface area contributed by atoms with Gasteiger partial charge in [-0.3, -0.25) is 0 Å². The summed E-state index contributed by atoms with van der Waals surface area (Å²) < 4.78 is 2.00. The van der Waals surface area contributed by atoms with Gasteiger partial charge in [-0.2, -0.15) is 0 Å². The van der Waals surface area contributed by atoms with Crippen LogP contribution in [0.25, 0.3) is 0 Å². The van der Waals surface area contributed by atoms with E-state index in [1.807, 2.05) is 35.0 Å². The van der Waals surface area contributed by atoms with Gasteiger partial charge in [0.15, 0.2) is 0 Å². The standard InChI is InChI=1S/C14H18N4O2/c19-8-6-16-14(20)17-9-12-1-3-13(4-2-12)10-18-7-5-15-11-18/h1-5,7,11,19H,6,8-10H2,(H2,16,17,20). The molecular weight excluding hydrogens is 256 g/mol. The van der Waals surface area contributed by atoms with Gasteiger partial charge >= 0.3 is 6.03 Å². The fourth-order valence-electron chi connectivity index (χ4n) is 1.77. The number of benzene rings is 1. The van der Waals surface area contributed by atoms with Crippen molar-refractivity contribution in [3.8, 4) is 0 Å². The number of carbonyl (C=O) groups excluding carboxylic acids is 1. The summed E-state index contributed by atoms with van der Waals surface area (Å²) in [6.07, 6.45) is 5.45. The minimum absolute atomic E-state index is 0.0592. The van der Waals surface area contributed by atoms with E-state index in [9.17, 15) is 4.79 Å². The predicted octanol–water partition coefficient (Wildman–Crippen LogP) is 0.723. The number of nitrogens with zero attached hydrogens (tertiary/aromatic N) is 2. The van der Waals surface area contributed by atoms with E-state index in [-0.39, 0.29) is 19.2 Å². The lowest BCUT2D eigenvalue weighted by Crippen LogP contribution is -2.36. The fourth-order valence-corrected chi connectivity index (χ4v) is 1.77. The Bertz CT molecular complexity index is 523. The van der Waals surface area contributed by atoms with Crippen molar-refractivity contribution in [2.24, 2.45) is 0 Å². The summed E-state index contributed by atoms with van der Waals surface area (Å²) in [5.74, 6) is 0. The van der Waals surface area contributed by atoms with Crippen molar-refractivity contribution >= 4 is 6.03 Å². The van der Waals surface area contributed by atoms with Crippen LogP contribution in [-0.2, 0) is 13.1 Å². The Labute approximate surface area is 117 Å². The average molecular weight is 274 g/mol. The lowest BCUT2D eigenvalue weighted by molar-refractivity contribution is 0.234. The molecule has 0 unspecified atom stereocenters. The molecule has 2 rings (SSSR count). The first-order valence-corrected chi connectivity index (χ1v) is 6.44. The van der Waals surface area contributed by atoms with Crippen LogP contribution in [0.1, 0.15) is 11.1 Å². The maximum absolute atomic E-state index is 11.3. The maximum Gasteiger partial charge on any atom is 0.315 e. The van der Waals surface area contributed by atoms with Gasteiger partial charge in [0.1, 0.15) is 0 Å². The molecule has 0 spiro atoms. The van der Waals surface area contributed by atoms with Gasteiger partial charge in [-0.05, 0) is 11.1 Å². The molecule has 3 N–H and O–H groups in total. The van der Waals surface area contributed by atoms with Crippen molar-refractivity contribution in [3.63, 3.8) is 0 Å². The van der Waals surface area contributed by atoms with Crippen LogP contribution in [0.3, 0.4) is 0 Å². The summed E-state index contributed by atoms with van der Waals surface area (Å²) in [7, 11) is 0. The van der Waals surface area contributed by atoms with Gasteiger partial charge in [0, 0.05) is 32.0 Å². The summed E-state index contributed by atoms with van der Waals surface area (Å²) in [5, 5.41) is 13.8. The van der Waals surface area contributed by atoms with E-state index < -0.39 is 0 Å².